The molecule has 0 saturated carbocycles. The summed E-state index contributed by atoms with van der Waals surface area (Å²) in [6, 6.07) is 1.23. The van der Waals surface area contributed by atoms with Gasteiger partial charge < -0.3 is 16.5 Å². The topological polar surface area (TPSA) is 116 Å². The largest absolute Gasteiger partial charge is 0.395 e. The average molecular weight is 280 g/mol. The molecule has 0 atom stereocenters. The second-order valence-electron chi connectivity index (χ2n) is 4.46. The molecule has 7 nitrogen and oxygen atoms in total. The molecule has 0 amide bonds. The number of aromatic nitrogens is 4. The molecule has 0 unspecified atom stereocenters. The average Bonchev–Trinajstić information content (AvgIpc) is 2.56. The zero-order chi connectivity index (χ0) is 14.2. The van der Waals surface area contributed by atoms with Gasteiger partial charge in [0.2, 0.25) is 0 Å². The zero-order valence-corrected chi connectivity index (χ0v) is 11.8. The first-order chi connectivity index (χ1) is 8.88. The molecular formula is C11H16N6OS. The monoisotopic (exact) mass is 280 g/mol. The second kappa shape index (κ2) is 4.96. The Morgan fingerprint density at radius 3 is 2.63 bits per heavy atom. The van der Waals surface area contributed by atoms with Crippen LogP contribution in [0.5, 0.6) is 0 Å². The van der Waals surface area contributed by atoms with Crippen molar-refractivity contribution in [1.82, 2.24) is 19.7 Å². The number of rotatable bonds is 3. The maximum absolute atomic E-state index is 11.3. The predicted molar refractivity (Wildman–Crippen MR) is 75.1 cm³/mol. The number of nitrogen functional groups attached to an aromatic ring is 2. The van der Waals surface area contributed by atoms with E-state index in [1.165, 1.54) is 17.8 Å². The number of hydrogen-bond acceptors (Lipinski definition) is 6. The number of H-pyrrole nitrogens is 1. The Balaban J connectivity index is 2.41. The van der Waals surface area contributed by atoms with E-state index in [1.807, 2.05) is 13.8 Å². The van der Waals surface area contributed by atoms with Gasteiger partial charge in [-0.1, -0.05) is 13.8 Å². The Hall–Kier alpha value is -1.96. The van der Waals surface area contributed by atoms with Crippen LogP contribution in [0.3, 0.4) is 0 Å². The SMILES string of the molecule is CC(C)c1nn(C)c(Sc2nc(N)cc(=O)[nH]2)c1N. The maximum atomic E-state index is 11.3. The third-order valence-corrected chi connectivity index (χ3v) is 3.60. The van der Waals surface area contributed by atoms with Gasteiger partial charge in [-0.15, -0.1) is 0 Å². The fraction of sp³-hybridized carbons (Fsp3) is 0.364. The van der Waals surface area contributed by atoms with Crippen molar-refractivity contribution in [2.75, 3.05) is 11.5 Å². The predicted octanol–water partition coefficient (Wildman–Crippen LogP) is 0.942. The lowest BCUT2D eigenvalue weighted by Crippen LogP contribution is -2.09. The summed E-state index contributed by atoms with van der Waals surface area (Å²) in [5, 5.41) is 5.50. The van der Waals surface area contributed by atoms with Gasteiger partial charge in [0, 0.05) is 13.1 Å². The minimum absolute atomic E-state index is 0.177. The molecule has 102 valence electrons. The van der Waals surface area contributed by atoms with Crippen LogP contribution in [-0.4, -0.2) is 19.7 Å². The number of nitrogens with two attached hydrogens (primary N) is 2. The number of aromatic amines is 1. The minimum atomic E-state index is -0.292. The smallest absolute Gasteiger partial charge is 0.253 e. The summed E-state index contributed by atoms with van der Waals surface area (Å²) < 4.78 is 1.68. The molecule has 2 heterocycles. The van der Waals surface area contributed by atoms with Gasteiger partial charge in [0.25, 0.3) is 5.56 Å². The van der Waals surface area contributed by atoms with Gasteiger partial charge in [-0.3, -0.25) is 9.48 Å². The van der Waals surface area contributed by atoms with Crippen molar-refractivity contribution in [3.8, 4) is 0 Å². The third kappa shape index (κ3) is 2.73. The molecular weight excluding hydrogens is 264 g/mol. The van der Waals surface area contributed by atoms with Gasteiger partial charge in [0.15, 0.2) is 5.16 Å². The van der Waals surface area contributed by atoms with Crippen LogP contribution in [-0.2, 0) is 7.05 Å². The Morgan fingerprint density at radius 2 is 2.11 bits per heavy atom. The molecule has 0 bridgehead atoms. The molecule has 0 spiro atoms. The molecule has 2 aromatic heterocycles. The highest BCUT2D eigenvalue weighted by molar-refractivity contribution is 7.99. The van der Waals surface area contributed by atoms with E-state index in [4.69, 9.17) is 11.5 Å². The molecule has 0 aliphatic carbocycles. The normalized spacial score (nSPS) is 11.2. The highest BCUT2D eigenvalue weighted by Gasteiger charge is 2.17. The van der Waals surface area contributed by atoms with Gasteiger partial charge in [-0.05, 0) is 17.7 Å². The van der Waals surface area contributed by atoms with Gasteiger partial charge >= 0.3 is 0 Å². The maximum Gasteiger partial charge on any atom is 0.253 e. The number of nitrogens with one attached hydrogen (secondary N) is 1. The van der Waals surface area contributed by atoms with Crippen LogP contribution in [0.15, 0.2) is 21.0 Å². The van der Waals surface area contributed by atoms with Crippen LogP contribution in [0.25, 0.3) is 0 Å². The molecule has 2 rings (SSSR count). The minimum Gasteiger partial charge on any atom is -0.395 e. The van der Waals surface area contributed by atoms with E-state index in [0.717, 1.165) is 10.7 Å². The number of nitrogens with zero attached hydrogens (tertiary/aromatic N) is 3. The van der Waals surface area contributed by atoms with E-state index >= 15 is 0 Å². The summed E-state index contributed by atoms with van der Waals surface area (Å²) in [5.41, 5.74) is 12.8. The molecule has 0 saturated heterocycles. The molecule has 5 N–H and O–H groups in total. The van der Waals surface area contributed by atoms with Crippen molar-refractivity contribution in [3.63, 3.8) is 0 Å². The highest BCUT2D eigenvalue weighted by atomic mass is 32.2. The summed E-state index contributed by atoms with van der Waals surface area (Å²) in [5.74, 6) is 0.407. The summed E-state index contributed by atoms with van der Waals surface area (Å²) in [6.45, 7) is 4.04. The second-order valence-corrected chi connectivity index (χ2v) is 5.44. The number of anilines is 2. The lowest BCUT2D eigenvalue weighted by molar-refractivity contribution is 0.670. The lowest BCUT2D eigenvalue weighted by atomic mass is 10.1. The quantitative estimate of drug-likeness (QED) is 0.721. The van der Waals surface area contributed by atoms with E-state index in [0.29, 0.717) is 10.8 Å². The fourth-order valence-electron chi connectivity index (χ4n) is 1.69. The van der Waals surface area contributed by atoms with Crippen molar-refractivity contribution < 1.29 is 0 Å². The standard InChI is InChI=1S/C11H16N6OS/c1-5(2)9-8(13)10(17(3)16-9)19-11-14-6(12)4-7(18)15-11/h4-5H,13H2,1-3H3,(H3,12,14,15,18). The van der Waals surface area contributed by atoms with Gasteiger partial charge in [0.1, 0.15) is 10.8 Å². The first-order valence-electron chi connectivity index (χ1n) is 5.75. The molecule has 8 heteroatoms. The van der Waals surface area contributed by atoms with E-state index in [1.54, 1.807) is 11.7 Å². The van der Waals surface area contributed by atoms with Crippen LogP contribution >= 0.6 is 11.8 Å². The summed E-state index contributed by atoms with van der Waals surface area (Å²) in [4.78, 5) is 18.0. The first kappa shape index (κ1) is 13.5. The summed E-state index contributed by atoms with van der Waals surface area (Å²) in [7, 11) is 1.80. The zero-order valence-electron chi connectivity index (χ0n) is 11.0. The Kier molecular flexibility index (Phi) is 3.52. The van der Waals surface area contributed by atoms with E-state index in [-0.39, 0.29) is 17.3 Å². The van der Waals surface area contributed by atoms with Crippen molar-refractivity contribution >= 4 is 23.3 Å². The molecule has 2 aromatic rings. The van der Waals surface area contributed by atoms with Crippen molar-refractivity contribution in [3.05, 3.63) is 22.1 Å². The molecule has 19 heavy (non-hydrogen) atoms. The molecule has 0 aliphatic rings. The van der Waals surface area contributed by atoms with Gasteiger partial charge in [-0.25, -0.2) is 4.98 Å². The molecule has 0 fully saturated rings. The Morgan fingerprint density at radius 1 is 1.42 bits per heavy atom. The first-order valence-corrected chi connectivity index (χ1v) is 6.57. The Bertz CT molecular complexity index is 660. The lowest BCUT2D eigenvalue weighted by Gasteiger charge is -2.03. The van der Waals surface area contributed by atoms with Crippen LogP contribution in [0, 0.1) is 0 Å². The fourth-order valence-corrected chi connectivity index (χ4v) is 2.56. The summed E-state index contributed by atoms with van der Waals surface area (Å²) >= 11 is 1.24. The van der Waals surface area contributed by atoms with E-state index < -0.39 is 0 Å². The molecule has 0 aliphatic heterocycles. The van der Waals surface area contributed by atoms with Crippen LogP contribution in [0.2, 0.25) is 0 Å². The molecule has 0 aromatic carbocycles. The Labute approximate surface area is 114 Å². The number of hydrogen-bond donors (Lipinski definition) is 3. The van der Waals surface area contributed by atoms with Crippen LogP contribution in [0.1, 0.15) is 25.5 Å². The van der Waals surface area contributed by atoms with Gasteiger partial charge in [-0.2, -0.15) is 5.10 Å². The summed E-state index contributed by atoms with van der Waals surface area (Å²) in [6.07, 6.45) is 0. The molecule has 0 radical (unpaired) electrons. The van der Waals surface area contributed by atoms with Crippen molar-refractivity contribution in [2.45, 2.75) is 29.9 Å². The highest BCUT2D eigenvalue weighted by Crippen LogP contribution is 2.33. The number of aryl methyl sites for hydroxylation is 1. The van der Waals surface area contributed by atoms with Crippen LogP contribution < -0.4 is 17.0 Å². The van der Waals surface area contributed by atoms with Gasteiger partial charge in [0.05, 0.1) is 11.4 Å². The van der Waals surface area contributed by atoms with Crippen molar-refractivity contribution in [1.29, 1.82) is 0 Å². The van der Waals surface area contributed by atoms with Crippen LogP contribution in [0.4, 0.5) is 11.5 Å². The van der Waals surface area contributed by atoms with E-state index in [9.17, 15) is 4.79 Å². The van der Waals surface area contributed by atoms with E-state index in [2.05, 4.69) is 15.1 Å². The van der Waals surface area contributed by atoms with Crippen molar-refractivity contribution in [2.24, 2.45) is 7.05 Å². The third-order valence-electron chi connectivity index (χ3n) is 2.54.